The average molecular weight is 658 g/mol. The zero-order valence-corrected chi connectivity index (χ0v) is 27.2. The molecule has 1 aliphatic heterocycles. The number of piperazine rings is 1. The van der Waals surface area contributed by atoms with Gasteiger partial charge >= 0.3 is 0 Å². The van der Waals surface area contributed by atoms with Crippen LogP contribution in [0.15, 0.2) is 61.1 Å². The highest BCUT2D eigenvalue weighted by Gasteiger charge is 2.26. The van der Waals surface area contributed by atoms with Gasteiger partial charge in [-0.1, -0.05) is 30.3 Å². The van der Waals surface area contributed by atoms with Crippen LogP contribution in [0.1, 0.15) is 15.9 Å². The number of aromatic amines is 1. The zero-order chi connectivity index (χ0) is 33.6. The summed E-state index contributed by atoms with van der Waals surface area (Å²) in [6, 6.07) is 12.4. The van der Waals surface area contributed by atoms with E-state index in [1.165, 1.54) is 13.2 Å². The highest BCUT2D eigenvalue weighted by molar-refractivity contribution is 5.97. The minimum absolute atomic E-state index is 0.0391. The number of rotatable bonds is 13. The summed E-state index contributed by atoms with van der Waals surface area (Å²) in [6.45, 7) is 5.36. The molecule has 252 valence electrons. The highest BCUT2D eigenvalue weighted by Crippen LogP contribution is 2.33. The molecule has 1 amide bonds. The number of methoxy groups -OCH3 is 2. The molecule has 0 saturated carbocycles. The van der Waals surface area contributed by atoms with E-state index in [1.54, 1.807) is 49.4 Å². The number of phenols is 1. The highest BCUT2D eigenvalue weighted by atomic mass is 19.1. The third-order valence-electron chi connectivity index (χ3n) is 8.67. The van der Waals surface area contributed by atoms with Gasteiger partial charge < -0.3 is 30.2 Å². The third kappa shape index (κ3) is 7.25. The van der Waals surface area contributed by atoms with Crippen LogP contribution >= 0.6 is 0 Å². The predicted octanol–water partition coefficient (Wildman–Crippen LogP) is 3.56. The van der Waals surface area contributed by atoms with Gasteiger partial charge in [0.1, 0.15) is 17.1 Å². The van der Waals surface area contributed by atoms with E-state index in [0.717, 1.165) is 55.4 Å². The first-order valence-electron chi connectivity index (χ1n) is 15.8. The zero-order valence-electron chi connectivity index (χ0n) is 27.2. The first kappa shape index (κ1) is 32.9. The van der Waals surface area contributed by atoms with Gasteiger partial charge in [0.25, 0.3) is 11.8 Å². The van der Waals surface area contributed by atoms with Gasteiger partial charge in [0.05, 0.1) is 31.7 Å². The Labute approximate surface area is 277 Å². The molecule has 0 spiro atoms. The van der Waals surface area contributed by atoms with Crippen LogP contribution in [0.3, 0.4) is 0 Å². The summed E-state index contributed by atoms with van der Waals surface area (Å²) in [5.74, 6) is -0.373. The number of aryl methyl sites for hydroxylation is 1. The van der Waals surface area contributed by atoms with Gasteiger partial charge in [0.2, 0.25) is 5.95 Å². The second-order valence-corrected chi connectivity index (χ2v) is 11.7. The van der Waals surface area contributed by atoms with E-state index < -0.39 is 5.82 Å². The average Bonchev–Trinajstić information content (AvgIpc) is 3.69. The lowest BCUT2D eigenvalue weighted by Gasteiger charge is -2.39. The summed E-state index contributed by atoms with van der Waals surface area (Å²) in [7, 11) is 4.99. The van der Waals surface area contributed by atoms with Crippen LogP contribution in [-0.2, 0) is 18.2 Å². The van der Waals surface area contributed by atoms with E-state index in [0.29, 0.717) is 36.7 Å². The fraction of sp³-hybridized carbons (Fsp3) is 0.353. The summed E-state index contributed by atoms with van der Waals surface area (Å²) in [4.78, 5) is 29.9. The number of nitrogens with zero attached hydrogens (tertiary/aromatic N) is 6. The molecular formula is C34H40FN9O4. The number of H-pyrrole nitrogens is 1. The molecule has 2 aromatic carbocycles. The molecule has 4 N–H and O–H groups in total. The molecule has 0 radical (unpaired) electrons. The van der Waals surface area contributed by atoms with Crippen LogP contribution in [0.25, 0.3) is 22.2 Å². The van der Waals surface area contributed by atoms with Gasteiger partial charge in [-0.3, -0.25) is 19.3 Å². The molecule has 3 aromatic heterocycles. The second kappa shape index (κ2) is 14.8. The van der Waals surface area contributed by atoms with Gasteiger partial charge in [-0.25, -0.2) is 14.4 Å². The van der Waals surface area contributed by atoms with E-state index in [4.69, 9.17) is 9.47 Å². The van der Waals surface area contributed by atoms with E-state index in [2.05, 4.69) is 40.5 Å². The Bertz CT molecular complexity index is 1870. The number of para-hydroxylation sites is 2. The molecule has 5 aromatic rings. The molecular weight excluding hydrogens is 617 g/mol. The predicted molar refractivity (Wildman–Crippen MR) is 180 cm³/mol. The summed E-state index contributed by atoms with van der Waals surface area (Å²) < 4.78 is 27.5. The van der Waals surface area contributed by atoms with Crippen molar-refractivity contribution in [3.05, 3.63) is 78.0 Å². The molecule has 0 aliphatic carbocycles. The quantitative estimate of drug-likeness (QED) is 0.148. The van der Waals surface area contributed by atoms with E-state index >= 15 is 4.39 Å². The molecule has 0 bridgehead atoms. The Morgan fingerprint density at radius 3 is 2.71 bits per heavy atom. The molecule has 14 heteroatoms. The van der Waals surface area contributed by atoms with E-state index in [1.807, 2.05) is 18.2 Å². The van der Waals surface area contributed by atoms with Crippen molar-refractivity contribution in [2.75, 3.05) is 65.4 Å². The van der Waals surface area contributed by atoms with Crippen LogP contribution in [0.5, 0.6) is 11.6 Å². The molecule has 1 saturated heterocycles. The van der Waals surface area contributed by atoms with Crippen LogP contribution in [0.2, 0.25) is 0 Å². The summed E-state index contributed by atoms with van der Waals surface area (Å²) in [6.07, 6.45) is 5.25. The van der Waals surface area contributed by atoms with Crippen molar-refractivity contribution in [3.8, 4) is 22.9 Å². The monoisotopic (exact) mass is 657 g/mol. The first-order valence-corrected chi connectivity index (χ1v) is 15.8. The maximum absolute atomic E-state index is 15.3. The van der Waals surface area contributed by atoms with Crippen molar-refractivity contribution in [2.24, 2.45) is 7.05 Å². The van der Waals surface area contributed by atoms with Crippen molar-refractivity contribution in [1.82, 2.24) is 39.8 Å². The largest absolute Gasteiger partial charge is 0.507 e. The summed E-state index contributed by atoms with van der Waals surface area (Å²) >= 11 is 0. The van der Waals surface area contributed by atoms with E-state index in [-0.39, 0.29) is 34.9 Å². The van der Waals surface area contributed by atoms with Crippen molar-refractivity contribution in [1.29, 1.82) is 0 Å². The Balaban J connectivity index is 1.26. The number of amides is 1. The number of ether oxygens (including phenoxy) is 2. The second-order valence-electron chi connectivity index (χ2n) is 11.7. The first-order chi connectivity index (χ1) is 23.3. The molecule has 1 fully saturated rings. The SMILES string of the molecule is COCCN1CCN([C@@H](CNC(=O)c2ccccc2O)Cc2cccc3c(-c4nc(Nc5cn(C)nc5OC)ncc4F)c[nH]c23)CC1. The molecule has 6 rings (SSSR count). The number of nitrogens with one attached hydrogen (secondary N) is 3. The number of aromatic nitrogens is 5. The van der Waals surface area contributed by atoms with Crippen LogP contribution in [0.4, 0.5) is 16.0 Å². The van der Waals surface area contributed by atoms with Crippen LogP contribution in [-0.4, -0.2) is 112 Å². The lowest BCUT2D eigenvalue weighted by Crippen LogP contribution is -2.54. The number of anilines is 2. The van der Waals surface area contributed by atoms with Crippen LogP contribution in [0, 0.1) is 5.82 Å². The molecule has 0 unspecified atom stereocenters. The van der Waals surface area contributed by atoms with Gasteiger partial charge in [0.15, 0.2) is 5.82 Å². The standard InChI is InChI=1S/C34H40FN9O4/c1-42-21-28(33(41-42)48-3)39-34-38-20-27(35)31(40-34)26-19-36-30-22(7-6-9-24(26)30)17-23(44-13-11-43(12-14-44)15-16-47-2)18-37-32(46)25-8-4-5-10-29(25)45/h4-10,19-21,23,36,45H,11-18H2,1-3H3,(H,37,46)(H,38,39,40)/t23-/m1/s1. The molecule has 48 heavy (non-hydrogen) atoms. The number of hydrogen-bond acceptors (Lipinski definition) is 10. The molecule has 4 heterocycles. The molecule has 1 atom stereocenters. The Morgan fingerprint density at radius 1 is 1.12 bits per heavy atom. The normalized spacial score (nSPS) is 14.7. The number of hydrogen-bond donors (Lipinski definition) is 4. The number of aromatic hydroxyl groups is 1. The lowest BCUT2D eigenvalue weighted by molar-refractivity contribution is 0.0713. The molecule has 13 nitrogen and oxygen atoms in total. The van der Waals surface area contributed by atoms with Crippen molar-refractivity contribution in [3.63, 3.8) is 0 Å². The van der Waals surface area contributed by atoms with Crippen molar-refractivity contribution in [2.45, 2.75) is 12.5 Å². The smallest absolute Gasteiger partial charge is 0.256 e. The van der Waals surface area contributed by atoms with Gasteiger partial charge in [0, 0.05) is 82.1 Å². The Morgan fingerprint density at radius 2 is 1.94 bits per heavy atom. The summed E-state index contributed by atoms with van der Waals surface area (Å²) in [5.41, 5.74) is 3.43. The lowest BCUT2D eigenvalue weighted by atomic mass is 9.99. The van der Waals surface area contributed by atoms with Crippen LogP contribution < -0.4 is 15.4 Å². The maximum atomic E-state index is 15.3. The number of carbonyl (C=O) groups excluding carboxylic acids is 1. The summed E-state index contributed by atoms with van der Waals surface area (Å²) in [5, 5.41) is 21.4. The number of carbonyl (C=O) groups is 1. The van der Waals surface area contributed by atoms with E-state index in [9.17, 15) is 9.90 Å². The fourth-order valence-corrected chi connectivity index (χ4v) is 6.15. The number of fused-ring (bicyclic) bond motifs is 1. The maximum Gasteiger partial charge on any atom is 0.256 e. The minimum atomic E-state index is -0.555. The van der Waals surface area contributed by atoms with Gasteiger partial charge in [-0.15, -0.1) is 5.10 Å². The number of benzene rings is 2. The Kier molecular flexibility index (Phi) is 10.1. The Hall–Kier alpha value is -5.05. The fourth-order valence-electron chi connectivity index (χ4n) is 6.15. The van der Waals surface area contributed by atoms with Gasteiger partial charge in [-0.05, 0) is 24.1 Å². The minimum Gasteiger partial charge on any atom is -0.507 e. The number of phenolic OH excluding ortho intramolecular Hbond substituents is 1. The van der Waals surface area contributed by atoms with Crippen molar-refractivity contribution < 1.29 is 23.8 Å². The number of halogens is 1. The molecule has 1 aliphatic rings. The third-order valence-corrected chi connectivity index (χ3v) is 8.67. The van der Waals surface area contributed by atoms with Gasteiger partial charge in [-0.2, -0.15) is 0 Å². The van der Waals surface area contributed by atoms with Crippen molar-refractivity contribution >= 4 is 28.4 Å². The topological polar surface area (TPSA) is 146 Å².